The van der Waals surface area contributed by atoms with E-state index in [9.17, 15) is 4.79 Å². The lowest BCUT2D eigenvalue weighted by Gasteiger charge is -2.26. The van der Waals surface area contributed by atoms with Crippen molar-refractivity contribution in [2.45, 2.75) is 51.7 Å². The number of hydrogen-bond donors (Lipinski definition) is 1. The van der Waals surface area contributed by atoms with Crippen molar-refractivity contribution in [3.8, 4) is 5.75 Å². The number of nitrogens with two attached hydrogens (primary N) is 1. The molecule has 1 aliphatic rings. The molecule has 2 rings (SSSR count). The van der Waals surface area contributed by atoms with Gasteiger partial charge in [-0.2, -0.15) is 0 Å². The van der Waals surface area contributed by atoms with Gasteiger partial charge < -0.3 is 15.2 Å². The van der Waals surface area contributed by atoms with E-state index in [0.29, 0.717) is 12.4 Å². The molecule has 0 radical (unpaired) electrons. The minimum absolute atomic E-state index is 0.218. The number of rotatable bonds is 4. The SMILES string of the molecule is CCOC(=O)C(C)(C)Oc1ccc2c(c1)C[C@@H](N)CC2. The number of hydrogen-bond acceptors (Lipinski definition) is 4. The highest BCUT2D eigenvalue weighted by Crippen LogP contribution is 2.27. The molecule has 0 saturated heterocycles. The predicted molar refractivity (Wildman–Crippen MR) is 77.8 cm³/mol. The van der Waals surface area contributed by atoms with Crippen LogP contribution in [0.1, 0.15) is 38.3 Å². The van der Waals surface area contributed by atoms with E-state index in [0.717, 1.165) is 19.3 Å². The zero-order chi connectivity index (χ0) is 14.8. The lowest BCUT2D eigenvalue weighted by molar-refractivity contribution is -0.158. The summed E-state index contributed by atoms with van der Waals surface area (Å²) in [5, 5.41) is 0. The third-order valence-electron chi connectivity index (χ3n) is 3.58. The van der Waals surface area contributed by atoms with E-state index in [2.05, 4.69) is 6.07 Å². The van der Waals surface area contributed by atoms with Gasteiger partial charge >= 0.3 is 5.97 Å². The standard InChI is InChI=1S/C16H23NO3/c1-4-19-15(18)16(2,3)20-14-8-6-11-5-7-13(17)9-12(11)10-14/h6,8,10,13H,4-5,7,9,17H2,1-3H3/t13-/m0/s1. The Labute approximate surface area is 120 Å². The van der Waals surface area contributed by atoms with Gasteiger partial charge in [-0.3, -0.25) is 0 Å². The quantitative estimate of drug-likeness (QED) is 0.857. The van der Waals surface area contributed by atoms with Gasteiger partial charge in [-0.25, -0.2) is 4.79 Å². The molecule has 1 aromatic rings. The fourth-order valence-electron chi connectivity index (χ4n) is 2.47. The molecule has 0 amide bonds. The number of carbonyl (C=O) groups excluding carboxylic acids is 1. The van der Waals surface area contributed by atoms with Gasteiger partial charge in [0.05, 0.1) is 6.61 Å². The summed E-state index contributed by atoms with van der Waals surface area (Å²) in [5.41, 5.74) is 7.56. The fourth-order valence-corrected chi connectivity index (χ4v) is 2.47. The minimum atomic E-state index is -0.985. The first kappa shape index (κ1) is 14.9. The van der Waals surface area contributed by atoms with Crippen LogP contribution in [-0.2, 0) is 22.4 Å². The molecule has 4 heteroatoms. The van der Waals surface area contributed by atoms with Crippen molar-refractivity contribution in [1.82, 2.24) is 0 Å². The van der Waals surface area contributed by atoms with Crippen LogP contribution < -0.4 is 10.5 Å². The Hall–Kier alpha value is -1.55. The van der Waals surface area contributed by atoms with Crippen LogP contribution in [0.5, 0.6) is 5.75 Å². The van der Waals surface area contributed by atoms with Crippen molar-refractivity contribution in [2.24, 2.45) is 5.73 Å². The number of carbonyl (C=O) groups is 1. The number of aryl methyl sites for hydroxylation is 1. The van der Waals surface area contributed by atoms with Crippen molar-refractivity contribution >= 4 is 5.97 Å². The number of ether oxygens (including phenoxy) is 2. The molecule has 1 atom stereocenters. The highest BCUT2D eigenvalue weighted by Gasteiger charge is 2.31. The van der Waals surface area contributed by atoms with Crippen molar-refractivity contribution < 1.29 is 14.3 Å². The Morgan fingerprint density at radius 3 is 2.85 bits per heavy atom. The number of esters is 1. The first-order valence-corrected chi connectivity index (χ1v) is 7.16. The van der Waals surface area contributed by atoms with Crippen molar-refractivity contribution in [1.29, 1.82) is 0 Å². The van der Waals surface area contributed by atoms with Crippen LogP contribution in [0.2, 0.25) is 0 Å². The van der Waals surface area contributed by atoms with E-state index >= 15 is 0 Å². The summed E-state index contributed by atoms with van der Waals surface area (Å²) in [7, 11) is 0. The highest BCUT2D eigenvalue weighted by atomic mass is 16.6. The lowest BCUT2D eigenvalue weighted by atomic mass is 9.88. The van der Waals surface area contributed by atoms with Gasteiger partial charge in [0.2, 0.25) is 0 Å². The van der Waals surface area contributed by atoms with Gasteiger partial charge in [-0.1, -0.05) is 6.07 Å². The van der Waals surface area contributed by atoms with E-state index in [1.54, 1.807) is 20.8 Å². The Morgan fingerprint density at radius 1 is 1.40 bits per heavy atom. The first-order chi connectivity index (χ1) is 9.42. The van der Waals surface area contributed by atoms with Crippen LogP contribution in [0.15, 0.2) is 18.2 Å². The predicted octanol–water partition coefficient (Wildman–Crippen LogP) is 2.22. The second-order valence-electron chi connectivity index (χ2n) is 5.77. The summed E-state index contributed by atoms with van der Waals surface area (Å²) < 4.78 is 10.8. The molecule has 20 heavy (non-hydrogen) atoms. The zero-order valence-electron chi connectivity index (χ0n) is 12.4. The van der Waals surface area contributed by atoms with Crippen molar-refractivity contribution in [2.75, 3.05) is 6.61 Å². The van der Waals surface area contributed by atoms with Gasteiger partial charge in [0.1, 0.15) is 5.75 Å². The maximum atomic E-state index is 11.8. The molecular formula is C16H23NO3. The molecule has 0 heterocycles. The molecule has 1 aromatic carbocycles. The Bertz CT molecular complexity index is 496. The van der Waals surface area contributed by atoms with Crippen LogP contribution in [0.25, 0.3) is 0 Å². The third-order valence-corrected chi connectivity index (χ3v) is 3.58. The first-order valence-electron chi connectivity index (χ1n) is 7.16. The monoisotopic (exact) mass is 277 g/mol. The average molecular weight is 277 g/mol. The lowest BCUT2D eigenvalue weighted by Crippen LogP contribution is -2.39. The van der Waals surface area contributed by atoms with Crippen LogP contribution in [0.3, 0.4) is 0 Å². The normalized spacial score (nSPS) is 18.3. The van der Waals surface area contributed by atoms with Crippen LogP contribution in [-0.4, -0.2) is 24.2 Å². The number of fused-ring (bicyclic) bond motifs is 1. The topological polar surface area (TPSA) is 61.5 Å². The van der Waals surface area contributed by atoms with Crippen molar-refractivity contribution in [3.05, 3.63) is 29.3 Å². The zero-order valence-corrected chi connectivity index (χ0v) is 12.4. The summed E-state index contributed by atoms with van der Waals surface area (Å²) in [4.78, 5) is 11.8. The number of benzene rings is 1. The molecule has 2 N–H and O–H groups in total. The summed E-state index contributed by atoms with van der Waals surface area (Å²) in [5.74, 6) is 0.338. The smallest absolute Gasteiger partial charge is 0.349 e. The maximum Gasteiger partial charge on any atom is 0.349 e. The van der Waals surface area contributed by atoms with Crippen LogP contribution in [0, 0.1) is 0 Å². The van der Waals surface area contributed by atoms with Crippen LogP contribution >= 0.6 is 0 Å². The molecular weight excluding hydrogens is 254 g/mol. The molecule has 1 aliphatic carbocycles. The molecule has 0 bridgehead atoms. The highest BCUT2D eigenvalue weighted by molar-refractivity contribution is 5.79. The van der Waals surface area contributed by atoms with Crippen LogP contribution in [0.4, 0.5) is 0 Å². The van der Waals surface area contributed by atoms with Gasteiger partial charge in [-0.15, -0.1) is 0 Å². The second kappa shape index (κ2) is 5.83. The summed E-state index contributed by atoms with van der Waals surface area (Å²) in [6, 6.07) is 6.19. The second-order valence-corrected chi connectivity index (χ2v) is 5.77. The molecule has 0 unspecified atom stereocenters. The summed E-state index contributed by atoms with van der Waals surface area (Å²) in [6.07, 6.45) is 2.91. The molecule has 0 spiro atoms. The van der Waals surface area contributed by atoms with Crippen molar-refractivity contribution in [3.63, 3.8) is 0 Å². The molecule has 0 saturated carbocycles. The van der Waals surface area contributed by atoms with Gasteiger partial charge in [0, 0.05) is 6.04 Å². The van der Waals surface area contributed by atoms with E-state index in [-0.39, 0.29) is 12.0 Å². The molecule has 0 fully saturated rings. The molecule has 110 valence electrons. The van der Waals surface area contributed by atoms with E-state index < -0.39 is 5.60 Å². The summed E-state index contributed by atoms with van der Waals surface area (Å²) in [6.45, 7) is 5.57. The maximum absolute atomic E-state index is 11.8. The molecule has 0 aromatic heterocycles. The van der Waals surface area contributed by atoms with Gasteiger partial charge in [0.25, 0.3) is 0 Å². The fraction of sp³-hybridized carbons (Fsp3) is 0.562. The largest absolute Gasteiger partial charge is 0.476 e. The molecule has 0 aliphatic heterocycles. The third kappa shape index (κ3) is 3.31. The Kier molecular flexibility index (Phi) is 4.33. The Balaban J connectivity index is 2.14. The van der Waals surface area contributed by atoms with Gasteiger partial charge in [0.15, 0.2) is 5.60 Å². The minimum Gasteiger partial charge on any atom is -0.476 e. The van der Waals surface area contributed by atoms with E-state index in [1.165, 1.54) is 11.1 Å². The average Bonchev–Trinajstić information content (AvgIpc) is 2.38. The van der Waals surface area contributed by atoms with E-state index in [1.807, 2.05) is 12.1 Å². The summed E-state index contributed by atoms with van der Waals surface area (Å²) >= 11 is 0. The molecule has 4 nitrogen and oxygen atoms in total. The Morgan fingerprint density at radius 2 is 2.15 bits per heavy atom. The van der Waals surface area contributed by atoms with E-state index in [4.69, 9.17) is 15.2 Å². The van der Waals surface area contributed by atoms with Gasteiger partial charge in [-0.05, 0) is 63.3 Å².